The highest BCUT2D eigenvalue weighted by Gasteiger charge is 2.44. The molecule has 1 aliphatic carbocycles. The molecule has 1 saturated carbocycles. The van der Waals surface area contributed by atoms with E-state index >= 15 is 0 Å². The maximum Gasteiger partial charge on any atom is 0.240 e. The van der Waals surface area contributed by atoms with Gasteiger partial charge >= 0.3 is 0 Å². The standard InChI is InChI=1S/C18H20BrNO3S/c1-13-9-16(7-8-17(13)19)24(22,23)20-15-11-18(21,12-15)10-14-5-3-2-4-6-14/h2-9,15,20-21H,10-12H2,1H3. The summed E-state index contributed by atoms with van der Waals surface area (Å²) >= 11 is 3.37. The van der Waals surface area contributed by atoms with Crippen LogP contribution in [0.2, 0.25) is 0 Å². The zero-order valence-electron chi connectivity index (χ0n) is 13.4. The van der Waals surface area contributed by atoms with E-state index < -0.39 is 15.6 Å². The van der Waals surface area contributed by atoms with Crippen molar-refractivity contribution in [1.82, 2.24) is 4.72 Å². The Hall–Kier alpha value is -1.21. The highest BCUT2D eigenvalue weighted by Crippen LogP contribution is 2.36. The highest BCUT2D eigenvalue weighted by molar-refractivity contribution is 9.10. The van der Waals surface area contributed by atoms with E-state index in [0.717, 1.165) is 15.6 Å². The fourth-order valence-electron chi connectivity index (χ4n) is 3.13. The third-order valence-corrected chi connectivity index (χ3v) is 6.80. The molecule has 2 aromatic rings. The second-order valence-corrected chi connectivity index (χ2v) is 9.09. The Morgan fingerprint density at radius 3 is 2.50 bits per heavy atom. The van der Waals surface area contributed by atoms with Gasteiger partial charge in [-0.15, -0.1) is 0 Å². The lowest BCUT2D eigenvalue weighted by Crippen LogP contribution is -2.56. The number of sulfonamides is 1. The monoisotopic (exact) mass is 409 g/mol. The molecule has 1 aliphatic rings. The van der Waals surface area contributed by atoms with Gasteiger partial charge in [-0.2, -0.15) is 0 Å². The number of aliphatic hydroxyl groups is 1. The number of benzene rings is 2. The minimum Gasteiger partial charge on any atom is -0.389 e. The average Bonchev–Trinajstić information content (AvgIpc) is 2.49. The van der Waals surface area contributed by atoms with Gasteiger partial charge in [-0.3, -0.25) is 0 Å². The van der Waals surface area contributed by atoms with Crippen LogP contribution < -0.4 is 4.72 Å². The molecule has 0 unspecified atom stereocenters. The van der Waals surface area contributed by atoms with Gasteiger partial charge in [0.05, 0.1) is 10.5 Å². The number of rotatable bonds is 5. The predicted molar refractivity (Wildman–Crippen MR) is 97.3 cm³/mol. The van der Waals surface area contributed by atoms with Crippen LogP contribution in [0.3, 0.4) is 0 Å². The molecule has 0 saturated heterocycles. The molecule has 0 amide bonds. The van der Waals surface area contributed by atoms with E-state index in [1.165, 1.54) is 0 Å². The molecule has 0 heterocycles. The first-order chi connectivity index (χ1) is 11.3. The minimum atomic E-state index is -3.56. The van der Waals surface area contributed by atoms with Crippen LogP contribution in [0.5, 0.6) is 0 Å². The lowest BCUT2D eigenvalue weighted by Gasteiger charge is -2.43. The van der Waals surface area contributed by atoms with Gasteiger partial charge in [0.1, 0.15) is 0 Å². The number of aryl methyl sites for hydroxylation is 1. The van der Waals surface area contributed by atoms with Gasteiger partial charge < -0.3 is 5.11 Å². The molecule has 0 radical (unpaired) electrons. The van der Waals surface area contributed by atoms with Crippen LogP contribution in [-0.2, 0) is 16.4 Å². The molecule has 6 heteroatoms. The number of halogens is 1. The Kier molecular flexibility index (Phi) is 4.84. The minimum absolute atomic E-state index is 0.229. The Bertz CT molecular complexity index is 831. The predicted octanol–water partition coefficient (Wildman–Crippen LogP) is 3.17. The highest BCUT2D eigenvalue weighted by atomic mass is 79.9. The first kappa shape index (κ1) is 17.6. The number of hydrogen-bond donors (Lipinski definition) is 2. The van der Waals surface area contributed by atoms with Crippen molar-refractivity contribution in [3.8, 4) is 0 Å². The van der Waals surface area contributed by atoms with Crippen LogP contribution in [0.25, 0.3) is 0 Å². The molecule has 0 atom stereocenters. The molecule has 2 aromatic carbocycles. The number of nitrogens with one attached hydrogen (secondary N) is 1. The first-order valence-electron chi connectivity index (χ1n) is 7.82. The normalized spacial score (nSPS) is 23.7. The van der Waals surface area contributed by atoms with Gasteiger partial charge in [-0.25, -0.2) is 13.1 Å². The summed E-state index contributed by atoms with van der Waals surface area (Å²) in [5.74, 6) is 0. The van der Waals surface area contributed by atoms with Crippen LogP contribution in [0.15, 0.2) is 57.9 Å². The number of hydrogen-bond acceptors (Lipinski definition) is 3. The van der Waals surface area contributed by atoms with Crippen molar-refractivity contribution in [3.05, 3.63) is 64.1 Å². The molecule has 0 bridgehead atoms. The maximum absolute atomic E-state index is 12.5. The molecular formula is C18H20BrNO3S. The van der Waals surface area contributed by atoms with Gasteiger partial charge in [0.25, 0.3) is 0 Å². The smallest absolute Gasteiger partial charge is 0.240 e. The van der Waals surface area contributed by atoms with Crippen LogP contribution in [-0.4, -0.2) is 25.2 Å². The molecule has 0 aliphatic heterocycles. The molecule has 2 N–H and O–H groups in total. The van der Waals surface area contributed by atoms with E-state index in [9.17, 15) is 13.5 Å². The van der Waals surface area contributed by atoms with Crippen LogP contribution in [0.1, 0.15) is 24.0 Å². The SMILES string of the molecule is Cc1cc(S(=O)(=O)NC2CC(O)(Cc3ccccc3)C2)ccc1Br. The summed E-state index contributed by atoms with van der Waals surface area (Å²) in [6.45, 7) is 1.85. The summed E-state index contributed by atoms with van der Waals surface area (Å²) in [6.07, 6.45) is 1.40. The molecule has 24 heavy (non-hydrogen) atoms. The third-order valence-electron chi connectivity index (χ3n) is 4.39. The summed E-state index contributed by atoms with van der Waals surface area (Å²) in [5, 5.41) is 10.5. The first-order valence-corrected chi connectivity index (χ1v) is 10.1. The van der Waals surface area contributed by atoms with Crippen LogP contribution >= 0.6 is 15.9 Å². The van der Waals surface area contributed by atoms with E-state index in [-0.39, 0.29) is 10.9 Å². The summed E-state index contributed by atoms with van der Waals surface area (Å²) in [5.41, 5.74) is 1.10. The van der Waals surface area contributed by atoms with Gasteiger partial charge in [0.2, 0.25) is 10.0 Å². The molecule has 128 valence electrons. The maximum atomic E-state index is 12.5. The van der Waals surface area contributed by atoms with Gasteiger partial charge in [0.15, 0.2) is 0 Å². The molecule has 0 aromatic heterocycles. The van der Waals surface area contributed by atoms with E-state index in [1.807, 2.05) is 37.3 Å². The largest absolute Gasteiger partial charge is 0.389 e. The topological polar surface area (TPSA) is 66.4 Å². The van der Waals surface area contributed by atoms with Crippen LogP contribution in [0.4, 0.5) is 0 Å². The fraction of sp³-hybridized carbons (Fsp3) is 0.333. The molecular weight excluding hydrogens is 390 g/mol. The lowest BCUT2D eigenvalue weighted by atomic mass is 9.73. The Morgan fingerprint density at radius 1 is 1.21 bits per heavy atom. The second-order valence-electron chi connectivity index (χ2n) is 6.52. The quantitative estimate of drug-likeness (QED) is 0.796. The lowest BCUT2D eigenvalue weighted by molar-refractivity contribution is -0.0495. The molecule has 1 fully saturated rings. The summed E-state index contributed by atoms with van der Waals surface area (Å²) in [7, 11) is -3.56. The zero-order valence-corrected chi connectivity index (χ0v) is 15.8. The van der Waals surface area contributed by atoms with Crippen LogP contribution in [0, 0.1) is 6.92 Å². The van der Waals surface area contributed by atoms with Crippen molar-refractivity contribution >= 4 is 26.0 Å². The molecule has 4 nitrogen and oxygen atoms in total. The van der Waals surface area contributed by atoms with E-state index in [1.54, 1.807) is 18.2 Å². The Morgan fingerprint density at radius 2 is 1.88 bits per heavy atom. The van der Waals surface area contributed by atoms with Crippen molar-refractivity contribution in [2.75, 3.05) is 0 Å². The van der Waals surface area contributed by atoms with Crippen molar-refractivity contribution in [2.24, 2.45) is 0 Å². The Labute approximate surface area is 151 Å². The fourth-order valence-corrected chi connectivity index (χ4v) is 4.70. The summed E-state index contributed by atoms with van der Waals surface area (Å²) in [6, 6.07) is 14.5. The van der Waals surface area contributed by atoms with Crippen molar-refractivity contribution in [1.29, 1.82) is 0 Å². The van der Waals surface area contributed by atoms with Crippen molar-refractivity contribution in [3.63, 3.8) is 0 Å². The van der Waals surface area contributed by atoms with Gasteiger partial charge in [0, 0.05) is 16.9 Å². The third kappa shape index (κ3) is 3.88. The van der Waals surface area contributed by atoms with E-state index in [4.69, 9.17) is 0 Å². The molecule has 0 spiro atoms. The average molecular weight is 410 g/mol. The van der Waals surface area contributed by atoms with E-state index in [2.05, 4.69) is 20.7 Å². The zero-order chi connectivity index (χ0) is 17.4. The van der Waals surface area contributed by atoms with Crippen molar-refractivity contribution < 1.29 is 13.5 Å². The van der Waals surface area contributed by atoms with Gasteiger partial charge in [-0.05, 0) is 49.1 Å². The Balaban J connectivity index is 1.63. The summed E-state index contributed by atoms with van der Waals surface area (Å²) < 4.78 is 28.5. The van der Waals surface area contributed by atoms with Crippen molar-refractivity contribution in [2.45, 2.75) is 42.7 Å². The van der Waals surface area contributed by atoms with Gasteiger partial charge in [-0.1, -0.05) is 46.3 Å². The van der Waals surface area contributed by atoms with E-state index in [0.29, 0.717) is 19.3 Å². The summed E-state index contributed by atoms with van der Waals surface area (Å²) in [4.78, 5) is 0.252. The second kappa shape index (κ2) is 6.59. The molecule has 3 rings (SSSR count).